The van der Waals surface area contributed by atoms with Crippen LogP contribution in [0.4, 0.5) is 0 Å². The number of carbonyl (C=O) groups excluding carboxylic acids is 2. The first-order chi connectivity index (χ1) is 12.0. The Bertz CT molecular complexity index is 483. The van der Waals surface area contributed by atoms with Crippen molar-refractivity contribution >= 4 is 26.2 Å². The van der Waals surface area contributed by atoms with E-state index in [2.05, 4.69) is 0 Å². The van der Waals surface area contributed by atoms with Gasteiger partial charge < -0.3 is 22.4 Å². The van der Waals surface area contributed by atoms with Crippen molar-refractivity contribution < 1.29 is 100 Å². The first kappa shape index (κ1) is 34.3. The van der Waals surface area contributed by atoms with Crippen LogP contribution in [-0.4, -0.2) is 30.6 Å². The summed E-state index contributed by atoms with van der Waals surface area (Å²) in [7, 11) is -9.09. The van der Waals surface area contributed by atoms with Crippen LogP contribution < -0.4 is 59.1 Å². The van der Waals surface area contributed by atoms with Gasteiger partial charge in [0.2, 0.25) is 11.0 Å². The molecule has 0 aliphatic rings. The molecule has 0 spiro atoms. The van der Waals surface area contributed by atoms with Gasteiger partial charge in [0.15, 0.2) is 0 Å². The minimum atomic E-state index is -4.54. The van der Waals surface area contributed by atoms with E-state index in [-0.39, 0.29) is 74.8 Å². The third kappa shape index (κ3) is 20.9. The molecule has 0 atom stereocenters. The van der Waals surface area contributed by atoms with E-state index in [0.29, 0.717) is 12.8 Å². The molecule has 0 aliphatic carbocycles. The van der Waals surface area contributed by atoms with Gasteiger partial charge in [-0.3, -0.25) is 18.7 Å². The summed E-state index contributed by atoms with van der Waals surface area (Å²) in [6, 6.07) is 0. The van der Waals surface area contributed by atoms with Crippen LogP contribution >= 0.6 is 15.2 Å². The van der Waals surface area contributed by atoms with Crippen molar-refractivity contribution in [1.29, 1.82) is 0 Å². The summed E-state index contributed by atoms with van der Waals surface area (Å²) < 4.78 is 21.3. The molecule has 8 nitrogen and oxygen atoms in total. The van der Waals surface area contributed by atoms with E-state index in [1.807, 2.05) is 0 Å². The Morgan fingerprint density at radius 2 is 0.679 bits per heavy atom. The van der Waals surface area contributed by atoms with E-state index in [4.69, 9.17) is 19.6 Å². The van der Waals surface area contributed by atoms with Crippen LogP contribution in [0.15, 0.2) is 0 Å². The molecular formula is C16H34Na2O8P2. The fourth-order valence-corrected chi connectivity index (χ4v) is 3.51. The van der Waals surface area contributed by atoms with E-state index in [1.165, 1.54) is 0 Å². The Kier molecular flexibility index (Phi) is 23.7. The molecule has 0 saturated heterocycles. The van der Waals surface area contributed by atoms with Gasteiger partial charge in [0.25, 0.3) is 0 Å². The molecule has 0 aromatic rings. The van der Waals surface area contributed by atoms with Crippen molar-refractivity contribution in [1.82, 2.24) is 0 Å². The maximum atomic E-state index is 11.0. The second-order valence-electron chi connectivity index (χ2n) is 6.62. The largest absolute Gasteiger partial charge is 1.00 e. The van der Waals surface area contributed by atoms with Gasteiger partial charge in [-0.1, -0.05) is 64.2 Å². The molecule has 0 aromatic heterocycles. The molecule has 0 heterocycles. The molecule has 12 heteroatoms. The molecule has 0 saturated carbocycles. The summed E-state index contributed by atoms with van der Waals surface area (Å²) in [4.78, 5) is 56.7. The minimum absolute atomic E-state index is 0. The van der Waals surface area contributed by atoms with Crippen molar-refractivity contribution in [3.8, 4) is 0 Å². The van der Waals surface area contributed by atoms with Crippen LogP contribution in [0.25, 0.3) is 0 Å². The maximum absolute atomic E-state index is 11.0. The molecule has 4 N–H and O–H groups in total. The molecule has 28 heavy (non-hydrogen) atoms. The quantitative estimate of drug-likeness (QED) is 0.111. The minimum Gasteiger partial charge on any atom is -1.00 e. The zero-order valence-corrected chi connectivity index (χ0v) is 23.0. The molecule has 0 rings (SSSR count). The molecule has 158 valence electrons. The fourth-order valence-electron chi connectivity index (χ4n) is 2.61. The van der Waals surface area contributed by atoms with Crippen LogP contribution in [-0.2, 0) is 18.7 Å². The third-order valence-electron chi connectivity index (χ3n) is 4.18. The maximum Gasteiger partial charge on any atom is 1.00 e. The predicted molar refractivity (Wildman–Crippen MR) is 101 cm³/mol. The second kappa shape index (κ2) is 19.3. The van der Waals surface area contributed by atoms with Gasteiger partial charge in [-0.15, -0.1) is 0 Å². The number of rotatable bonds is 17. The van der Waals surface area contributed by atoms with Gasteiger partial charge in [-0.2, -0.15) is 0 Å². The van der Waals surface area contributed by atoms with Crippen molar-refractivity contribution in [2.75, 3.05) is 0 Å². The molecular weight excluding hydrogens is 428 g/mol. The Balaban J connectivity index is -0.000000521. The van der Waals surface area contributed by atoms with Crippen LogP contribution in [0.3, 0.4) is 0 Å². The Morgan fingerprint density at radius 3 is 0.857 bits per heavy atom. The average Bonchev–Trinajstić information content (AvgIpc) is 2.52. The molecule has 0 aromatic carbocycles. The molecule has 0 aliphatic heterocycles. The van der Waals surface area contributed by atoms with E-state index >= 15 is 0 Å². The van der Waals surface area contributed by atoms with Crippen molar-refractivity contribution in [3.63, 3.8) is 0 Å². The summed E-state index contributed by atoms with van der Waals surface area (Å²) in [6.45, 7) is 0. The summed E-state index contributed by atoms with van der Waals surface area (Å²) >= 11 is 0. The normalized spacial score (nSPS) is 11.4. The fraction of sp³-hybridized carbons (Fsp3) is 0.875. The van der Waals surface area contributed by atoms with Crippen LogP contribution in [0, 0.1) is 0 Å². The van der Waals surface area contributed by atoms with E-state index in [1.54, 1.807) is 0 Å². The SMILES string of the molecule is O=C(CCCCCCCCCCCCCCC(=O)P(=O)(O)O)P(=O)(O)O.[H-].[H-].[Na+].[Na+]. The summed E-state index contributed by atoms with van der Waals surface area (Å²) in [6.07, 6.45) is 11.0. The smallest absolute Gasteiger partial charge is 1.00 e. The monoisotopic (exact) mass is 462 g/mol. The summed E-state index contributed by atoms with van der Waals surface area (Å²) in [5, 5.41) is 0. The van der Waals surface area contributed by atoms with Crippen LogP contribution in [0.5, 0.6) is 0 Å². The van der Waals surface area contributed by atoms with Gasteiger partial charge >= 0.3 is 74.3 Å². The Morgan fingerprint density at radius 1 is 0.500 bits per heavy atom. The second-order valence-corrected chi connectivity index (χ2v) is 9.79. The van der Waals surface area contributed by atoms with Gasteiger partial charge in [0.05, 0.1) is 0 Å². The molecule has 0 fully saturated rings. The first-order valence-corrected chi connectivity index (χ1v) is 12.5. The van der Waals surface area contributed by atoms with Crippen LogP contribution in [0.2, 0.25) is 0 Å². The number of hydrogen-bond donors (Lipinski definition) is 4. The summed E-state index contributed by atoms with van der Waals surface area (Å²) in [5.41, 5.74) is -1.94. The summed E-state index contributed by atoms with van der Waals surface area (Å²) in [5.74, 6) is 0. The Hall–Kier alpha value is 1.64. The predicted octanol–water partition coefficient (Wildman–Crippen LogP) is -1.91. The van der Waals surface area contributed by atoms with Gasteiger partial charge in [-0.05, 0) is 12.8 Å². The number of carbonyl (C=O) groups is 2. The zero-order chi connectivity index (χ0) is 20.1. The first-order valence-electron chi connectivity index (χ1n) is 9.23. The molecule has 0 radical (unpaired) electrons. The van der Waals surface area contributed by atoms with Crippen molar-refractivity contribution in [3.05, 3.63) is 0 Å². The topological polar surface area (TPSA) is 149 Å². The third-order valence-corrected chi connectivity index (χ3v) is 5.93. The molecule has 0 unspecified atom stereocenters. The number of hydrogen-bond acceptors (Lipinski definition) is 4. The van der Waals surface area contributed by atoms with E-state index in [9.17, 15) is 18.7 Å². The zero-order valence-electron chi connectivity index (χ0n) is 19.2. The molecule has 0 bridgehead atoms. The standard InChI is InChI=1S/C16H32O8P2.2Na.2H/c17-15(25(19,20)21)13-11-9-7-5-3-1-2-4-6-8-10-12-14-16(18)26(22,23)24;;;;/h1-14H2,(H2,19,20,21)(H2,22,23,24);;;;/q;2*+1;2*-1. The van der Waals surface area contributed by atoms with Gasteiger partial charge in [-0.25, -0.2) is 0 Å². The van der Waals surface area contributed by atoms with E-state index in [0.717, 1.165) is 64.2 Å². The van der Waals surface area contributed by atoms with E-state index < -0.39 is 26.2 Å². The van der Waals surface area contributed by atoms with Gasteiger partial charge in [0, 0.05) is 12.8 Å². The van der Waals surface area contributed by atoms with Crippen molar-refractivity contribution in [2.45, 2.75) is 89.9 Å². The van der Waals surface area contributed by atoms with Crippen LogP contribution in [0.1, 0.15) is 92.7 Å². The average molecular weight is 462 g/mol. The molecule has 0 amide bonds. The Labute approximate surface area is 214 Å². The number of unbranched alkanes of at least 4 members (excludes halogenated alkanes) is 11. The van der Waals surface area contributed by atoms with Crippen molar-refractivity contribution in [2.24, 2.45) is 0 Å². The van der Waals surface area contributed by atoms with Gasteiger partial charge in [0.1, 0.15) is 0 Å².